The van der Waals surface area contributed by atoms with Gasteiger partial charge in [0.2, 0.25) is 5.89 Å². The second kappa shape index (κ2) is 11.9. The van der Waals surface area contributed by atoms with Gasteiger partial charge < -0.3 is 14.5 Å². The number of hydrogen-bond acceptors (Lipinski definition) is 5. The van der Waals surface area contributed by atoms with Crippen molar-refractivity contribution in [2.24, 2.45) is 0 Å². The van der Waals surface area contributed by atoms with Crippen LogP contribution in [-0.4, -0.2) is 28.4 Å². The van der Waals surface area contributed by atoms with Gasteiger partial charge >= 0.3 is 6.18 Å². The summed E-state index contributed by atoms with van der Waals surface area (Å²) in [7, 11) is 0. The van der Waals surface area contributed by atoms with E-state index in [2.05, 4.69) is 10.3 Å². The highest BCUT2D eigenvalue weighted by atomic mass is 19.4. The Bertz CT molecular complexity index is 1100. The number of carbonyl (C=O) groups is 1. The zero-order valence-corrected chi connectivity index (χ0v) is 20.1. The number of aromatic nitrogens is 1. The van der Waals surface area contributed by atoms with Gasteiger partial charge in [0.05, 0.1) is 18.7 Å². The number of oxazole rings is 1. The van der Waals surface area contributed by atoms with Crippen LogP contribution < -0.4 is 10.1 Å². The molecule has 0 spiro atoms. The summed E-state index contributed by atoms with van der Waals surface area (Å²) in [5, 5.41) is 2.83. The molecule has 188 valence electrons. The van der Waals surface area contributed by atoms with Gasteiger partial charge in [-0.05, 0) is 49.6 Å². The summed E-state index contributed by atoms with van der Waals surface area (Å²) in [4.78, 5) is 18.6. The molecule has 9 heteroatoms. The molecule has 1 heterocycles. The third-order valence-electron chi connectivity index (χ3n) is 5.43. The van der Waals surface area contributed by atoms with E-state index in [1.165, 1.54) is 12.3 Å². The second-order valence-electron chi connectivity index (χ2n) is 8.33. The Labute approximate surface area is 203 Å². The third kappa shape index (κ3) is 7.85. The minimum atomic E-state index is -4.42. The van der Waals surface area contributed by atoms with Crippen LogP contribution in [0.25, 0.3) is 0 Å². The van der Waals surface area contributed by atoms with Crippen LogP contribution in [0.15, 0.2) is 59.2 Å². The van der Waals surface area contributed by atoms with Crippen molar-refractivity contribution in [2.45, 2.75) is 59.0 Å². The van der Waals surface area contributed by atoms with E-state index in [1.807, 2.05) is 49.9 Å². The first kappa shape index (κ1) is 26.3. The monoisotopic (exact) mass is 489 g/mol. The molecule has 0 saturated carbocycles. The molecule has 0 aliphatic rings. The van der Waals surface area contributed by atoms with E-state index >= 15 is 0 Å². The van der Waals surface area contributed by atoms with Gasteiger partial charge in [-0.15, -0.1) is 0 Å². The summed E-state index contributed by atoms with van der Waals surface area (Å²) >= 11 is 0. The molecule has 0 unspecified atom stereocenters. The Morgan fingerprint density at radius 3 is 2.46 bits per heavy atom. The highest BCUT2D eigenvalue weighted by molar-refractivity contribution is 5.92. The Morgan fingerprint density at radius 2 is 1.80 bits per heavy atom. The lowest BCUT2D eigenvalue weighted by Gasteiger charge is -2.22. The summed E-state index contributed by atoms with van der Waals surface area (Å²) in [6, 6.07) is 12.8. The van der Waals surface area contributed by atoms with Gasteiger partial charge in [-0.3, -0.25) is 9.69 Å². The number of ether oxygens (including phenoxy) is 1. The van der Waals surface area contributed by atoms with Crippen molar-refractivity contribution in [3.8, 4) is 5.75 Å². The quantitative estimate of drug-likeness (QED) is 0.368. The number of nitrogens with zero attached hydrogens (tertiary/aromatic N) is 2. The number of rotatable bonds is 11. The predicted molar refractivity (Wildman–Crippen MR) is 126 cm³/mol. The molecule has 0 aliphatic carbocycles. The summed E-state index contributed by atoms with van der Waals surface area (Å²) in [6.45, 7) is 7.18. The molecule has 0 bridgehead atoms. The highest BCUT2D eigenvalue weighted by Gasteiger charge is 2.30. The van der Waals surface area contributed by atoms with Crippen LogP contribution in [0.3, 0.4) is 0 Å². The van der Waals surface area contributed by atoms with Gasteiger partial charge in [0.15, 0.2) is 5.69 Å². The van der Waals surface area contributed by atoms with Crippen LogP contribution in [0.5, 0.6) is 5.75 Å². The minimum absolute atomic E-state index is 0.000262. The summed E-state index contributed by atoms with van der Waals surface area (Å²) < 4.78 is 50.6. The lowest BCUT2D eigenvalue weighted by Crippen LogP contribution is -2.32. The van der Waals surface area contributed by atoms with Crippen LogP contribution in [-0.2, 0) is 25.8 Å². The van der Waals surface area contributed by atoms with Crippen molar-refractivity contribution in [1.29, 1.82) is 0 Å². The first-order chi connectivity index (χ1) is 16.7. The Kier molecular flexibility index (Phi) is 8.92. The van der Waals surface area contributed by atoms with Gasteiger partial charge in [-0.1, -0.05) is 37.3 Å². The summed E-state index contributed by atoms with van der Waals surface area (Å²) in [5.74, 6) is 0.716. The van der Waals surface area contributed by atoms with Crippen molar-refractivity contribution in [3.63, 3.8) is 0 Å². The zero-order chi connectivity index (χ0) is 25.4. The van der Waals surface area contributed by atoms with E-state index in [0.717, 1.165) is 29.9 Å². The van der Waals surface area contributed by atoms with E-state index in [-0.39, 0.29) is 30.7 Å². The number of nitrogens with one attached hydrogen (secondary N) is 1. The summed E-state index contributed by atoms with van der Waals surface area (Å²) in [5.41, 5.74) is 0.922. The fourth-order valence-electron chi connectivity index (χ4n) is 3.47. The van der Waals surface area contributed by atoms with Gasteiger partial charge in [0.1, 0.15) is 12.0 Å². The number of halogens is 3. The molecule has 3 rings (SSSR count). The first-order valence-corrected chi connectivity index (χ1v) is 11.5. The Hall–Kier alpha value is -3.33. The molecule has 1 amide bonds. The first-order valence-electron chi connectivity index (χ1n) is 11.5. The topological polar surface area (TPSA) is 67.6 Å². The van der Waals surface area contributed by atoms with Crippen molar-refractivity contribution < 1.29 is 27.1 Å². The second-order valence-corrected chi connectivity index (χ2v) is 8.33. The van der Waals surface area contributed by atoms with Gasteiger partial charge in [-0.25, -0.2) is 4.98 Å². The molecule has 3 aromatic rings. The van der Waals surface area contributed by atoms with Crippen LogP contribution in [0.1, 0.15) is 60.3 Å². The smallest absolute Gasteiger partial charge is 0.416 e. The Balaban J connectivity index is 1.79. The maximum Gasteiger partial charge on any atom is 0.416 e. The third-order valence-corrected chi connectivity index (χ3v) is 5.43. The predicted octanol–water partition coefficient (Wildman–Crippen LogP) is 5.82. The van der Waals surface area contributed by atoms with E-state index in [4.69, 9.17) is 9.15 Å². The molecule has 1 atom stereocenters. The Morgan fingerprint density at radius 1 is 1.09 bits per heavy atom. The average Bonchev–Trinajstić information content (AvgIpc) is 3.28. The molecule has 1 aromatic heterocycles. The van der Waals surface area contributed by atoms with Crippen molar-refractivity contribution in [3.05, 3.63) is 83.1 Å². The zero-order valence-electron chi connectivity index (χ0n) is 20.1. The number of benzene rings is 2. The fraction of sp³-hybridized carbons (Fsp3) is 0.385. The fourth-order valence-corrected chi connectivity index (χ4v) is 3.47. The number of carbonyl (C=O) groups excluding carboxylic acids is 1. The molecule has 0 radical (unpaired) electrons. The molecule has 0 fully saturated rings. The van der Waals surface area contributed by atoms with Crippen LogP contribution >= 0.6 is 0 Å². The molecule has 6 nitrogen and oxygen atoms in total. The van der Waals surface area contributed by atoms with E-state index in [9.17, 15) is 18.0 Å². The molecule has 0 saturated heterocycles. The molecule has 35 heavy (non-hydrogen) atoms. The van der Waals surface area contributed by atoms with Gasteiger partial charge in [0, 0.05) is 19.1 Å². The lowest BCUT2D eigenvalue weighted by atomic mass is 10.1. The van der Waals surface area contributed by atoms with Crippen LogP contribution in [0.4, 0.5) is 13.2 Å². The van der Waals surface area contributed by atoms with Crippen molar-refractivity contribution >= 4 is 5.91 Å². The van der Waals surface area contributed by atoms with E-state index < -0.39 is 11.7 Å². The van der Waals surface area contributed by atoms with E-state index in [0.29, 0.717) is 24.6 Å². The molecule has 2 aromatic carbocycles. The number of alkyl halides is 3. The molecular formula is C26H30F3N3O3. The van der Waals surface area contributed by atoms with Gasteiger partial charge in [-0.2, -0.15) is 13.2 Å². The maximum atomic E-state index is 13.2. The SMILES string of the molecule is CCOc1ccc(CN(Cc2cccc(C(F)(F)F)c2)Cc2nc(C(=O)N[C@@H](C)CC)co2)cc1. The van der Waals surface area contributed by atoms with Gasteiger partial charge in [0.25, 0.3) is 5.91 Å². The summed E-state index contributed by atoms with van der Waals surface area (Å²) in [6.07, 6.45) is -2.34. The maximum absolute atomic E-state index is 13.2. The molecular weight excluding hydrogens is 459 g/mol. The standard InChI is InChI=1S/C26H30F3N3O3/c1-4-18(3)30-25(33)23-17-35-24(31-23)16-32(14-19-9-11-22(12-10-19)34-5-2)15-20-7-6-8-21(13-20)26(27,28)29/h6-13,17-18H,4-5,14-16H2,1-3H3,(H,30,33)/t18-/m0/s1. The normalized spacial score (nSPS) is 12.5. The van der Waals surface area contributed by atoms with Crippen molar-refractivity contribution in [2.75, 3.05) is 6.61 Å². The lowest BCUT2D eigenvalue weighted by molar-refractivity contribution is -0.137. The highest BCUT2D eigenvalue weighted by Crippen LogP contribution is 2.30. The minimum Gasteiger partial charge on any atom is -0.494 e. The molecule has 0 aliphatic heterocycles. The molecule has 1 N–H and O–H groups in total. The average molecular weight is 490 g/mol. The van der Waals surface area contributed by atoms with Crippen LogP contribution in [0.2, 0.25) is 0 Å². The number of amides is 1. The number of hydrogen-bond donors (Lipinski definition) is 1. The largest absolute Gasteiger partial charge is 0.494 e. The van der Waals surface area contributed by atoms with Crippen molar-refractivity contribution in [1.82, 2.24) is 15.2 Å². The van der Waals surface area contributed by atoms with Crippen LogP contribution in [0, 0.1) is 0 Å². The van der Waals surface area contributed by atoms with E-state index in [1.54, 1.807) is 6.07 Å².